The van der Waals surface area contributed by atoms with Crippen molar-refractivity contribution in [1.82, 2.24) is 15.2 Å². The predicted molar refractivity (Wildman–Crippen MR) is 103 cm³/mol. The van der Waals surface area contributed by atoms with Gasteiger partial charge in [-0.05, 0) is 29.8 Å². The molecule has 1 atom stereocenters. The number of fused-ring (bicyclic) bond motifs is 1. The number of ether oxygens (including phenoxy) is 3. The summed E-state index contributed by atoms with van der Waals surface area (Å²) in [5, 5.41) is 10.2. The van der Waals surface area contributed by atoms with Gasteiger partial charge in [0.15, 0.2) is 17.3 Å². The van der Waals surface area contributed by atoms with Gasteiger partial charge >= 0.3 is 0 Å². The molecule has 0 saturated heterocycles. The second kappa shape index (κ2) is 7.22. The fraction of sp³-hybridized carbons (Fsp3) is 0.250. The van der Waals surface area contributed by atoms with Gasteiger partial charge in [-0.1, -0.05) is 0 Å². The summed E-state index contributed by atoms with van der Waals surface area (Å²) in [5.74, 6) is 1.92. The number of aromatic nitrogens is 3. The van der Waals surface area contributed by atoms with Gasteiger partial charge in [-0.3, -0.25) is 14.9 Å². The third-order valence-corrected chi connectivity index (χ3v) is 4.86. The minimum atomic E-state index is -0.139. The molecule has 0 fully saturated rings. The third-order valence-electron chi connectivity index (χ3n) is 4.86. The number of pyridine rings is 1. The molecule has 4 rings (SSSR count). The summed E-state index contributed by atoms with van der Waals surface area (Å²) in [6.07, 6.45) is 3.77. The van der Waals surface area contributed by atoms with Gasteiger partial charge in [-0.15, -0.1) is 0 Å². The molecule has 144 valence electrons. The second-order valence-corrected chi connectivity index (χ2v) is 6.36. The molecule has 1 unspecified atom stereocenters. The number of H-pyrrole nitrogens is 1. The summed E-state index contributed by atoms with van der Waals surface area (Å²) < 4.78 is 16.4. The summed E-state index contributed by atoms with van der Waals surface area (Å²) in [4.78, 5) is 16.3. The molecule has 8 nitrogen and oxygen atoms in total. The van der Waals surface area contributed by atoms with Crippen molar-refractivity contribution in [2.24, 2.45) is 0 Å². The summed E-state index contributed by atoms with van der Waals surface area (Å²) >= 11 is 0. The molecule has 0 spiro atoms. The Hall–Kier alpha value is -3.55. The molecular weight excluding hydrogens is 360 g/mol. The lowest BCUT2D eigenvalue weighted by atomic mass is 9.85. The maximum Gasteiger partial charge on any atom is 0.226 e. The molecule has 1 aliphatic heterocycles. The van der Waals surface area contributed by atoms with Gasteiger partial charge in [0.1, 0.15) is 0 Å². The van der Waals surface area contributed by atoms with Gasteiger partial charge in [0, 0.05) is 35.9 Å². The van der Waals surface area contributed by atoms with Crippen LogP contribution in [-0.2, 0) is 4.79 Å². The lowest BCUT2D eigenvalue weighted by Crippen LogP contribution is -2.23. The van der Waals surface area contributed by atoms with E-state index in [4.69, 9.17) is 14.2 Å². The molecular formula is C20H20N4O4. The van der Waals surface area contributed by atoms with Crippen molar-refractivity contribution in [1.29, 1.82) is 0 Å². The number of aromatic amines is 1. The van der Waals surface area contributed by atoms with Crippen molar-refractivity contribution < 1.29 is 19.0 Å². The van der Waals surface area contributed by atoms with E-state index in [9.17, 15) is 4.79 Å². The van der Waals surface area contributed by atoms with Gasteiger partial charge in [0.2, 0.25) is 11.7 Å². The van der Waals surface area contributed by atoms with Crippen LogP contribution < -0.4 is 19.5 Å². The zero-order valence-electron chi connectivity index (χ0n) is 15.8. The molecule has 3 heterocycles. The lowest BCUT2D eigenvalue weighted by Gasteiger charge is -2.23. The van der Waals surface area contributed by atoms with Crippen LogP contribution in [0.2, 0.25) is 0 Å². The zero-order valence-corrected chi connectivity index (χ0v) is 15.8. The Labute approximate surface area is 161 Å². The SMILES string of the molecule is COc1cc(-c2[nH]nc3c2C(c2ccncc2)CC(=O)N3)cc(OC)c1OC. The monoisotopic (exact) mass is 380 g/mol. The summed E-state index contributed by atoms with van der Waals surface area (Å²) in [6.45, 7) is 0. The Morgan fingerprint density at radius 2 is 1.71 bits per heavy atom. The Morgan fingerprint density at radius 3 is 2.32 bits per heavy atom. The number of benzene rings is 1. The molecule has 28 heavy (non-hydrogen) atoms. The van der Waals surface area contributed by atoms with E-state index in [1.165, 1.54) is 0 Å². The van der Waals surface area contributed by atoms with Crippen LogP contribution in [0.4, 0.5) is 5.82 Å². The van der Waals surface area contributed by atoms with Crippen LogP contribution in [-0.4, -0.2) is 42.4 Å². The number of amides is 1. The largest absolute Gasteiger partial charge is 0.493 e. The highest BCUT2D eigenvalue weighted by atomic mass is 16.5. The first-order valence-corrected chi connectivity index (χ1v) is 8.74. The van der Waals surface area contributed by atoms with Crippen LogP contribution in [0.3, 0.4) is 0 Å². The number of rotatable bonds is 5. The maximum atomic E-state index is 12.2. The first kappa shape index (κ1) is 17.8. The van der Waals surface area contributed by atoms with Gasteiger partial charge < -0.3 is 19.5 Å². The van der Waals surface area contributed by atoms with E-state index in [-0.39, 0.29) is 11.8 Å². The number of carbonyl (C=O) groups is 1. The Morgan fingerprint density at radius 1 is 1.04 bits per heavy atom. The van der Waals surface area contributed by atoms with E-state index in [1.807, 2.05) is 24.3 Å². The van der Waals surface area contributed by atoms with E-state index in [1.54, 1.807) is 33.7 Å². The van der Waals surface area contributed by atoms with Crippen molar-refractivity contribution in [2.75, 3.05) is 26.6 Å². The highest BCUT2D eigenvalue weighted by Gasteiger charge is 2.32. The number of anilines is 1. The van der Waals surface area contributed by atoms with Gasteiger partial charge in [-0.2, -0.15) is 5.10 Å². The van der Waals surface area contributed by atoms with Crippen molar-refractivity contribution >= 4 is 11.7 Å². The van der Waals surface area contributed by atoms with Crippen molar-refractivity contribution in [3.63, 3.8) is 0 Å². The maximum absolute atomic E-state index is 12.2. The van der Waals surface area contributed by atoms with Crippen LogP contribution in [0.1, 0.15) is 23.5 Å². The van der Waals surface area contributed by atoms with Gasteiger partial charge in [-0.25, -0.2) is 0 Å². The van der Waals surface area contributed by atoms with Crippen molar-refractivity contribution in [3.05, 3.63) is 47.8 Å². The van der Waals surface area contributed by atoms with Crippen LogP contribution in [0.5, 0.6) is 17.2 Å². The van der Waals surface area contributed by atoms with E-state index in [2.05, 4.69) is 20.5 Å². The van der Waals surface area contributed by atoms with Crippen molar-refractivity contribution in [3.8, 4) is 28.5 Å². The molecule has 0 bridgehead atoms. The second-order valence-electron chi connectivity index (χ2n) is 6.36. The average Bonchev–Trinajstić information content (AvgIpc) is 3.16. The van der Waals surface area contributed by atoms with Crippen molar-refractivity contribution in [2.45, 2.75) is 12.3 Å². The van der Waals surface area contributed by atoms with E-state index in [0.29, 0.717) is 29.5 Å². The van der Waals surface area contributed by atoms with Crippen LogP contribution in [0, 0.1) is 0 Å². The normalized spacial score (nSPS) is 15.5. The molecule has 1 aromatic carbocycles. The quantitative estimate of drug-likeness (QED) is 0.706. The van der Waals surface area contributed by atoms with E-state index >= 15 is 0 Å². The number of nitrogens with zero attached hydrogens (tertiary/aromatic N) is 2. The molecule has 1 aliphatic rings. The average molecular weight is 380 g/mol. The minimum absolute atomic E-state index is 0.0720. The highest BCUT2D eigenvalue weighted by Crippen LogP contribution is 2.45. The summed E-state index contributed by atoms with van der Waals surface area (Å²) in [6, 6.07) is 7.54. The summed E-state index contributed by atoms with van der Waals surface area (Å²) in [5.41, 5.74) is 3.52. The summed E-state index contributed by atoms with van der Waals surface area (Å²) in [7, 11) is 4.71. The van der Waals surface area contributed by atoms with Gasteiger partial charge in [0.05, 0.1) is 27.0 Å². The number of carbonyl (C=O) groups excluding carboxylic acids is 1. The van der Waals surface area contributed by atoms with Crippen LogP contribution in [0.15, 0.2) is 36.7 Å². The lowest BCUT2D eigenvalue weighted by molar-refractivity contribution is -0.116. The number of nitrogens with one attached hydrogen (secondary N) is 2. The minimum Gasteiger partial charge on any atom is -0.493 e. The van der Waals surface area contributed by atoms with E-state index < -0.39 is 0 Å². The van der Waals surface area contributed by atoms with E-state index in [0.717, 1.165) is 22.4 Å². The number of hydrogen-bond donors (Lipinski definition) is 2. The fourth-order valence-corrected chi connectivity index (χ4v) is 3.58. The fourth-order valence-electron chi connectivity index (χ4n) is 3.58. The Bertz CT molecular complexity index is 991. The highest BCUT2D eigenvalue weighted by molar-refractivity contribution is 5.96. The first-order valence-electron chi connectivity index (χ1n) is 8.74. The number of methoxy groups -OCH3 is 3. The molecule has 0 saturated carbocycles. The smallest absolute Gasteiger partial charge is 0.226 e. The standard InChI is InChI=1S/C20H20N4O4/c1-26-14-8-12(9-15(27-2)19(14)28-3)18-17-13(11-4-6-21-7-5-11)10-16(25)22-20(17)24-23-18/h4-9,13H,10H2,1-3H3,(H2,22,23,24,25). The molecule has 8 heteroatoms. The van der Waals surface area contributed by atoms with Crippen LogP contribution in [0.25, 0.3) is 11.3 Å². The molecule has 2 aromatic heterocycles. The van der Waals surface area contributed by atoms with Gasteiger partial charge in [0.25, 0.3) is 0 Å². The van der Waals surface area contributed by atoms with Crippen LogP contribution >= 0.6 is 0 Å². The molecule has 2 N–H and O–H groups in total. The molecule has 0 radical (unpaired) electrons. The molecule has 1 amide bonds. The predicted octanol–water partition coefficient (Wildman–Crippen LogP) is 2.97. The third kappa shape index (κ3) is 2.92. The number of hydrogen-bond acceptors (Lipinski definition) is 6. The first-order chi connectivity index (χ1) is 13.7. The topological polar surface area (TPSA) is 98.4 Å². The zero-order chi connectivity index (χ0) is 19.7. The Balaban J connectivity index is 1.89. The molecule has 0 aliphatic carbocycles. The molecule has 3 aromatic rings. The Kier molecular flexibility index (Phi) is 4.60.